The van der Waals surface area contributed by atoms with E-state index < -0.39 is 0 Å². The number of rotatable bonds is 5. The topological polar surface area (TPSA) is 41.4 Å². The Bertz CT molecular complexity index is 836. The van der Waals surface area contributed by atoms with E-state index in [2.05, 4.69) is 40.7 Å². The normalized spacial score (nSPS) is 22.4. The van der Waals surface area contributed by atoms with Crippen molar-refractivity contribution in [2.24, 2.45) is 5.41 Å². The van der Waals surface area contributed by atoms with Crippen LogP contribution in [0.5, 0.6) is 0 Å². The molecule has 2 aliphatic heterocycles. The van der Waals surface area contributed by atoms with E-state index in [1.54, 1.807) is 0 Å². The number of piperidine rings is 2. The van der Waals surface area contributed by atoms with E-state index in [1.165, 1.54) is 16.8 Å². The summed E-state index contributed by atoms with van der Waals surface area (Å²) in [6.07, 6.45) is 6.48. The maximum absolute atomic E-state index is 12.9. The molecule has 2 saturated heterocycles. The summed E-state index contributed by atoms with van der Waals surface area (Å²) in [5, 5.41) is 4.56. The fourth-order valence-corrected chi connectivity index (χ4v) is 5.24. The molecular weight excluding hydrogens is 360 g/mol. The molecule has 1 aromatic carbocycles. The molecular formula is C24H34N4O. The monoisotopic (exact) mass is 394 g/mol. The largest absolute Gasteiger partial charge is 0.345 e. The van der Waals surface area contributed by atoms with Gasteiger partial charge in [-0.25, -0.2) is 0 Å². The fourth-order valence-electron chi connectivity index (χ4n) is 5.24. The Morgan fingerprint density at radius 2 is 1.90 bits per heavy atom. The van der Waals surface area contributed by atoms with Gasteiger partial charge in [-0.2, -0.15) is 5.10 Å². The lowest BCUT2D eigenvalue weighted by atomic mass is 9.67. The number of carbonyl (C=O) groups excluding carboxylic acids is 1. The Balaban J connectivity index is 1.42. The molecule has 1 amide bonds. The van der Waals surface area contributed by atoms with Gasteiger partial charge in [0.25, 0.3) is 0 Å². The van der Waals surface area contributed by atoms with E-state index in [-0.39, 0.29) is 17.2 Å². The van der Waals surface area contributed by atoms with Gasteiger partial charge in [-0.3, -0.25) is 14.4 Å². The molecule has 2 aromatic rings. The number of likely N-dealkylation sites (N-methyl/N-ethyl adjacent to an activating group) is 1. The van der Waals surface area contributed by atoms with Crippen LogP contribution >= 0.6 is 0 Å². The number of aryl methyl sites for hydroxylation is 1. The Morgan fingerprint density at radius 3 is 2.59 bits per heavy atom. The molecule has 5 heteroatoms. The SMILES string of the molecule is CCCn1ncc(CN2CCC3(CC2)C[C@H](c2ccccc2)C(=O)N(C)C3)c1C. The van der Waals surface area contributed by atoms with E-state index in [4.69, 9.17) is 0 Å². The third kappa shape index (κ3) is 4.11. The average Bonchev–Trinajstić information content (AvgIpc) is 3.07. The van der Waals surface area contributed by atoms with Crippen molar-refractivity contribution in [2.45, 2.75) is 58.5 Å². The first-order valence-corrected chi connectivity index (χ1v) is 11.0. The van der Waals surface area contributed by atoms with Gasteiger partial charge in [-0.15, -0.1) is 0 Å². The van der Waals surface area contributed by atoms with Crippen LogP contribution in [0, 0.1) is 12.3 Å². The van der Waals surface area contributed by atoms with E-state index in [9.17, 15) is 4.79 Å². The van der Waals surface area contributed by atoms with Gasteiger partial charge in [0.15, 0.2) is 0 Å². The molecule has 0 N–H and O–H groups in total. The third-order valence-electron chi connectivity index (χ3n) is 7.04. The molecule has 4 rings (SSSR count). The molecule has 2 aliphatic rings. The molecule has 156 valence electrons. The molecule has 1 aromatic heterocycles. The first-order valence-electron chi connectivity index (χ1n) is 11.0. The van der Waals surface area contributed by atoms with Crippen molar-refractivity contribution >= 4 is 5.91 Å². The van der Waals surface area contributed by atoms with Crippen molar-refractivity contribution in [3.63, 3.8) is 0 Å². The number of hydrogen-bond acceptors (Lipinski definition) is 3. The van der Waals surface area contributed by atoms with Gasteiger partial charge in [0, 0.05) is 37.9 Å². The van der Waals surface area contributed by atoms with Gasteiger partial charge in [0.1, 0.15) is 0 Å². The quantitative estimate of drug-likeness (QED) is 0.774. The minimum Gasteiger partial charge on any atom is -0.345 e. The highest BCUT2D eigenvalue weighted by Crippen LogP contribution is 2.45. The Kier molecular flexibility index (Phi) is 5.77. The number of aromatic nitrogens is 2. The molecule has 29 heavy (non-hydrogen) atoms. The number of hydrogen-bond donors (Lipinski definition) is 0. The minimum atomic E-state index is 0.0102. The molecule has 1 spiro atoms. The minimum absolute atomic E-state index is 0.0102. The van der Waals surface area contributed by atoms with Crippen molar-refractivity contribution in [3.05, 3.63) is 53.3 Å². The van der Waals surface area contributed by atoms with Crippen LogP contribution in [-0.2, 0) is 17.9 Å². The third-order valence-corrected chi connectivity index (χ3v) is 7.04. The summed E-state index contributed by atoms with van der Waals surface area (Å²) in [6.45, 7) is 9.47. The maximum Gasteiger partial charge on any atom is 0.229 e. The van der Waals surface area contributed by atoms with Crippen molar-refractivity contribution in [1.29, 1.82) is 0 Å². The first-order chi connectivity index (χ1) is 14.0. The van der Waals surface area contributed by atoms with Gasteiger partial charge in [0.05, 0.1) is 12.1 Å². The highest BCUT2D eigenvalue weighted by Gasteiger charge is 2.45. The predicted molar refractivity (Wildman–Crippen MR) is 116 cm³/mol. The molecule has 1 atom stereocenters. The molecule has 5 nitrogen and oxygen atoms in total. The maximum atomic E-state index is 12.9. The van der Waals surface area contributed by atoms with Crippen LogP contribution in [0.15, 0.2) is 36.5 Å². The van der Waals surface area contributed by atoms with Gasteiger partial charge in [0.2, 0.25) is 5.91 Å². The summed E-state index contributed by atoms with van der Waals surface area (Å²) in [4.78, 5) is 17.4. The van der Waals surface area contributed by atoms with Gasteiger partial charge < -0.3 is 4.90 Å². The zero-order chi connectivity index (χ0) is 20.4. The lowest BCUT2D eigenvalue weighted by Crippen LogP contribution is -2.52. The Hall–Kier alpha value is -2.14. The molecule has 2 fully saturated rings. The molecule has 0 radical (unpaired) electrons. The summed E-state index contributed by atoms with van der Waals surface area (Å²) in [5.41, 5.74) is 4.08. The van der Waals surface area contributed by atoms with Crippen molar-refractivity contribution in [3.8, 4) is 0 Å². The van der Waals surface area contributed by atoms with Crippen molar-refractivity contribution in [1.82, 2.24) is 19.6 Å². The van der Waals surface area contributed by atoms with E-state index in [0.29, 0.717) is 0 Å². The molecule has 0 saturated carbocycles. The Morgan fingerprint density at radius 1 is 1.17 bits per heavy atom. The molecule has 0 bridgehead atoms. The van der Waals surface area contributed by atoms with Crippen LogP contribution in [0.2, 0.25) is 0 Å². The van der Waals surface area contributed by atoms with Crippen LogP contribution in [0.4, 0.5) is 0 Å². The van der Waals surface area contributed by atoms with Crippen LogP contribution in [0.3, 0.4) is 0 Å². The van der Waals surface area contributed by atoms with Gasteiger partial charge in [-0.1, -0.05) is 37.3 Å². The van der Waals surface area contributed by atoms with Gasteiger partial charge >= 0.3 is 0 Å². The summed E-state index contributed by atoms with van der Waals surface area (Å²) >= 11 is 0. The number of nitrogens with zero attached hydrogens (tertiary/aromatic N) is 4. The molecule has 0 aliphatic carbocycles. The summed E-state index contributed by atoms with van der Waals surface area (Å²) in [5.74, 6) is 0.291. The van der Waals surface area contributed by atoms with Crippen molar-refractivity contribution in [2.75, 3.05) is 26.7 Å². The second kappa shape index (κ2) is 8.31. The van der Waals surface area contributed by atoms with Crippen LogP contribution in [0.25, 0.3) is 0 Å². The zero-order valence-electron chi connectivity index (χ0n) is 18.1. The number of benzene rings is 1. The van der Waals surface area contributed by atoms with E-state index in [1.807, 2.05) is 36.3 Å². The predicted octanol–water partition coefficient (Wildman–Crippen LogP) is 3.83. The molecule has 3 heterocycles. The average molecular weight is 395 g/mol. The second-order valence-corrected chi connectivity index (χ2v) is 9.12. The van der Waals surface area contributed by atoms with Crippen LogP contribution < -0.4 is 0 Å². The second-order valence-electron chi connectivity index (χ2n) is 9.12. The van der Waals surface area contributed by atoms with Crippen LogP contribution in [-0.4, -0.2) is 52.2 Å². The van der Waals surface area contributed by atoms with Crippen molar-refractivity contribution < 1.29 is 4.79 Å². The zero-order valence-corrected chi connectivity index (χ0v) is 18.1. The standard InChI is InChI=1S/C24H34N4O/c1-4-12-28-19(2)21(16-25-28)17-27-13-10-24(11-14-27)15-22(23(29)26(3)18-24)20-8-6-5-7-9-20/h5-9,16,22H,4,10-15,17-18H2,1-3H3/t22-/m1/s1. The van der Waals surface area contributed by atoms with E-state index >= 15 is 0 Å². The fraction of sp³-hybridized carbons (Fsp3) is 0.583. The highest BCUT2D eigenvalue weighted by molar-refractivity contribution is 5.84. The molecule has 0 unspecified atom stereocenters. The first kappa shape index (κ1) is 20.1. The summed E-state index contributed by atoms with van der Waals surface area (Å²) in [6, 6.07) is 10.4. The van der Waals surface area contributed by atoms with Gasteiger partial charge in [-0.05, 0) is 56.7 Å². The Labute approximate surface area is 174 Å². The highest BCUT2D eigenvalue weighted by atomic mass is 16.2. The number of carbonyl (C=O) groups is 1. The lowest BCUT2D eigenvalue weighted by molar-refractivity contribution is -0.139. The van der Waals surface area contributed by atoms with E-state index in [0.717, 1.165) is 58.4 Å². The smallest absolute Gasteiger partial charge is 0.229 e. The summed E-state index contributed by atoms with van der Waals surface area (Å²) < 4.78 is 2.13. The summed E-state index contributed by atoms with van der Waals surface area (Å²) in [7, 11) is 1.98. The van der Waals surface area contributed by atoms with Crippen LogP contribution in [0.1, 0.15) is 55.3 Å². The number of amides is 1. The number of likely N-dealkylation sites (tertiary alicyclic amines) is 2. The lowest BCUT2D eigenvalue weighted by Gasteiger charge is -2.49.